The number of benzene rings is 1. The Morgan fingerprint density at radius 1 is 1.47 bits per heavy atom. The number of fused-ring (bicyclic) bond motifs is 1. The molecule has 4 N–H and O–H groups in total. The van der Waals surface area contributed by atoms with Crippen LogP contribution < -0.4 is 16.6 Å². The number of amides is 1. The molecule has 0 aromatic heterocycles. The molecule has 2 aliphatic carbocycles. The summed E-state index contributed by atoms with van der Waals surface area (Å²) in [5.74, 6) is 4.91. The fraction of sp³-hybridized carbons (Fsp3) is 0.273. The summed E-state index contributed by atoms with van der Waals surface area (Å²) in [5.41, 5.74) is 5.55. The van der Waals surface area contributed by atoms with Gasteiger partial charge < -0.3 is 10.1 Å². The summed E-state index contributed by atoms with van der Waals surface area (Å²) in [7, 11) is 1.31. The monoisotopic (exact) mass is 234 g/mol. The Balaban J connectivity index is 0.000000170. The fourth-order valence-corrected chi connectivity index (χ4v) is 1.23. The summed E-state index contributed by atoms with van der Waals surface area (Å²) in [5, 5.41) is 10.8. The summed E-state index contributed by atoms with van der Waals surface area (Å²) in [4.78, 5) is 10.3. The average Bonchev–Trinajstić information content (AvgIpc) is 2.80. The van der Waals surface area contributed by atoms with Crippen molar-refractivity contribution in [2.24, 2.45) is 5.84 Å². The van der Waals surface area contributed by atoms with E-state index in [9.17, 15) is 4.79 Å². The molecular weight excluding hydrogens is 220 g/mol. The lowest BCUT2D eigenvalue weighted by Crippen LogP contribution is -2.34. The van der Waals surface area contributed by atoms with Crippen LogP contribution in [0.1, 0.15) is 5.56 Å². The van der Waals surface area contributed by atoms with Crippen molar-refractivity contribution in [1.29, 1.82) is 5.26 Å². The van der Waals surface area contributed by atoms with Crippen LogP contribution in [0.2, 0.25) is 0 Å². The van der Waals surface area contributed by atoms with Crippen molar-refractivity contribution in [3.63, 3.8) is 0 Å². The van der Waals surface area contributed by atoms with Gasteiger partial charge in [-0.05, 0) is 0 Å². The number of ether oxygens (including phenoxy) is 1. The minimum atomic E-state index is -0.440. The number of alkyl carbamates (subject to hydrolysis) is 1. The second-order valence-electron chi connectivity index (χ2n) is 3.21. The summed E-state index contributed by atoms with van der Waals surface area (Å²) >= 11 is 0. The number of nitrogens with zero attached hydrogens (tertiary/aromatic N) is 1. The van der Waals surface area contributed by atoms with Gasteiger partial charge in [-0.3, -0.25) is 11.3 Å². The quantitative estimate of drug-likeness (QED) is 0.404. The highest BCUT2D eigenvalue weighted by Gasteiger charge is 2.22. The second-order valence-corrected chi connectivity index (χ2v) is 3.21. The van der Waals surface area contributed by atoms with Gasteiger partial charge in [-0.1, -0.05) is 18.2 Å². The van der Waals surface area contributed by atoms with Crippen molar-refractivity contribution in [2.75, 3.05) is 20.2 Å². The van der Waals surface area contributed by atoms with Crippen LogP contribution in [0.3, 0.4) is 0 Å². The van der Waals surface area contributed by atoms with Gasteiger partial charge in [0.15, 0.2) is 0 Å². The molecule has 0 bridgehead atoms. The number of nitriles is 1. The van der Waals surface area contributed by atoms with E-state index in [1.807, 2.05) is 18.2 Å². The zero-order valence-corrected chi connectivity index (χ0v) is 9.49. The van der Waals surface area contributed by atoms with Crippen LogP contribution in [-0.2, 0) is 4.74 Å². The third kappa shape index (κ3) is 3.75. The van der Waals surface area contributed by atoms with Crippen LogP contribution in [0.15, 0.2) is 18.2 Å². The Hall–Kier alpha value is -2.10. The first-order valence-electron chi connectivity index (χ1n) is 5.03. The number of carbonyl (C=O) groups excluding carboxylic acids is 1. The number of carbonyl (C=O) groups is 1. The van der Waals surface area contributed by atoms with E-state index in [2.05, 4.69) is 21.5 Å². The lowest BCUT2D eigenvalue weighted by Gasteiger charge is -2.00. The zero-order valence-electron chi connectivity index (χ0n) is 9.49. The molecule has 0 spiro atoms. The number of hydrogen-bond acceptors (Lipinski definition) is 5. The van der Waals surface area contributed by atoms with Gasteiger partial charge in [0, 0.05) is 24.2 Å². The van der Waals surface area contributed by atoms with Crippen LogP contribution >= 0.6 is 0 Å². The first kappa shape index (κ1) is 13.0. The van der Waals surface area contributed by atoms with E-state index in [4.69, 9.17) is 11.1 Å². The Morgan fingerprint density at radius 3 is 2.53 bits per heavy atom. The molecule has 17 heavy (non-hydrogen) atoms. The first-order chi connectivity index (χ1) is 8.24. The SMILES string of the molecule is COC(=O)NCCNN.N#Cc1c2cccc1-2. The number of hydrazine groups is 1. The van der Waals surface area contributed by atoms with Gasteiger partial charge in [-0.25, -0.2) is 4.79 Å². The Labute approximate surface area is 99.3 Å². The van der Waals surface area contributed by atoms with E-state index < -0.39 is 6.09 Å². The van der Waals surface area contributed by atoms with Gasteiger partial charge in [-0.2, -0.15) is 5.26 Å². The van der Waals surface area contributed by atoms with Crippen molar-refractivity contribution in [2.45, 2.75) is 0 Å². The topological polar surface area (TPSA) is 100 Å². The molecule has 0 aromatic rings. The molecule has 6 heteroatoms. The van der Waals surface area contributed by atoms with Gasteiger partial charge in [0.05, 0.1) is 12.7 Å². The van der Waals surface area contributed by atoms with Gasteiger partial charge in [0.1, 0.15) is 6.07 Å². The van der Waals surface area contributed by atoms with Crippen LogP contribution in [0.4, 0.5) is 4.79 Å². The molecule has 0 saturated heterocycles. The molecule has 0 fully saturated rings. The molecule has 2 rings (SSSR count). The lowest BCUT2D eigenvalue weighted by molar-refractivity contribution is 0.171. The number of rotatable bonds is 3. The Kier molecular flexibility index (Phi) is 4.94. The van der Waals surface area contributed by atoms with Crippen LogP contribution in [0.25, 0.3) is 11.1 Å². The molecular formula is C11H14N4O2. The maximum atomic E-state index is 10.3. The molecule has 0 saturated carbocycles. The highest BCUT2D eigenvalue weighted by Crippen LogP contribution is 2.41. The van der Waals surface area contributed by atoms with Gasteiger partial charge in [0.2, 0.25) is 0 Å². The molecule has 90 valence electrons. The molecule has 0 aliphatic heterocycles. The largest absolute Gasteiger partial charge is 0.453 e. The molecule has 0 aromatic carbocycles. The number of methoxy groups -OCH3 is 1. The van der Waals surface area contributed by atoms with Gasteiger partial charge in [-0.15, -0.1) is 0 Å². The second kappa shape index (κ2) is 6.48. The highest BCUT2D eigenvalue weighted by atomic mass is 16.5. The van der Waals surface area contributed by atoms with E-state index in [-0.39, 0.29) is 0 Å². The number of nitrogens with two attached hydrogens (primary N) is 1. The summed E-state index contributed by atoms with van der Waals surface area (Å²) < 4.78 is 4.28. The summed E-state index contributed by atoms with van der Waals surface area (Å²) in [6.45, 7) is 1.01. The molecule has 2 aliphatic rings. The van der Waals surface area contributed by atoms with Crippen molar-refractivity contribution < 1.29 is 9.53 Å². The predicted molar refractivity (Wildman–Crippen MR) is 62.7 cm³/mol. The Morgan fingerprint density at radius 2 is 2.12 bits per heavy atom. The lowest BCUT2D eigenvalue weighted by atomic mass is 10.5. The fourth-order valence-electron chi connectivity index (χ4n) is 1.23. The first-order valence-corrected chi connectivity index (χ1v) is 5.03. The van der Waals surface area contributed by atoms with Gasteiger partial charge in [0.25, 0.3) is 0 Å². The third-order valence-electron chi connectivity index (χ3n) is 2.13. The van der Waals surface area contributed by atoms with Gasteiger partial charge >= 0.3 is 6.09 Å². The van der Waals surface area contributed by atoms with Crippen LogP contribution in [0.5, 0.6) is 0 Å². The predicted octanol–water partition coefficient (Wildman–Crippen LogP) is 0.344. The average molecular weight is 234 g/mol. The van der Waals surface area contributed by atoms with E-state index in [0.717, 1.165) is 16.7 Å². The molecule has 0 heterocycles. The summed E-state index contributed by atoms with van der Waals surface area (Å²) in [6, 6.07) is 8.00. The van der Waals surface area contributed by atoms with Crippen molar-refractivity contribution >= 4 is 6.09 Å². The zero-order chi connectivity index (χ0) is 12.7. The van der Waals surface area contributed by atoms with Crippen molar-refractivity contribution in [3.05, 3.63) is 23.8 Å². The molecule has 0 atom stereocenters. The molecule has 1 amide bonds. The third-order valence-corrected chi connectivity index (χ3v) is 2.13. The van der Waals surface area contributed by atoms with E-state index in [1.165, 1.54) is 7.11 Å². The minimum absolute atomic E-state index is 0.440. The maximum absolute atomic E-state index is 10.3. The minimum Gasteiger partial charge on any atom is -0.453 e. The highest BCUT2D eigenvalue weighted by molar-refractivity contribution is 5.93. The van der Waals surface area contributed by atoms with Crippen molar-refractivity contribution in [3.8, 4) is 17.2 Å². The molecule has 0 unspecified atom stereocenters. The smallest absolute Gasteiger partial charge is 0.406 e. The normalized spacial score (nSPS) is 9.47. The van der Waals surface area contributed by atoms with E-state index >= 15 is 0 Å². The van der Waals surface area contributed by atoms with Crippen molar-refractivity contribution in [1.82, 2.24) is 10.7 Å². The van der Waals surface area contributed by atoms with Crippen LogP contribution in [-0.4, -0.2) is 26.3 Å². The van der Waals surface area contributed by atoms with E-state index in [0.29, 0.717) is 13.1 Å². The number of nitrogens with one attached hydrogen (secondary N) is 2. The maximum Gasteiger partial charge on any atom is 0.406 e. The molecule has 0 radical (unpaired) electrons. The number of hydrogen-bond donors (Lipinski definition) is 3. The van der Waals surface area contributed by atoms with Crippen LogP contribution in [0, 0.1) is 11.3 Å². The molecule has 6 nitrogen and oxygen atoms in total. The van der Waals surface area contributed by atoms with E-state index in [1.54, 1.807) is 0 Å². The summed E-state index contributed by atoms with van der Waals surface area (Å²) in [6.07, 6.45) is -0.440. The standard InChI is InChI=1S/C7H3N.C4H11N3O2/c8-4-7-5-2-1-3-6(5)7;1-9-4(8)6-2-3-7-5/h1-3H;7H,2-3,5H2,1H3,(H,6,8). The Bertz CT molecular complexity index is 419.